The van der Waals surface area contributed by atoms with Crippen molar-refractivity contribution in [1.82, 2.24) is 9.88 Å². The van der Waals surface area contributed by atoms with Crippen LogP contribution >= 0.6 is 0 Å². The summed E-state index contributed by atoms with van der Waals surface area (Å²) in [6, 6.07) is 11.5. The molecule has 0 aliphatic carbocycles. The van der Waals surface area contributed by atoms with Crippen LogP contribution in [-0.2, 0) is 9.53 Å². The molecule has 2 aliphatic rings. The Kier molecular flexibility index (Phi) is 9.93. The van der Waals surface area contributed by atoms with Crippen molar-refractivity contribution in [3.05, 3.63) is 72.7 Å². The number of rotatable bonds is 10. The predicted octanol–water partition coefficient (Wildman–Crippen LogP) is 5.20. The number of anilines is 2. The molecule has 3 N–H and O–H groups in total. The summed E-state index contributed by atoms with van der Waals surface area (Å²) in [5.74, 6) is 1.54. The number of amidine groups is 1. The van der Waals surface area contributed by atoms with Gasteiger partial charge in [0.2, 0.25) is 5.91 Å². The number of nitrogens with zero attached hydrogens (tertiary/aromatic N) is 5. The van der Waals surface area contributed by atoms with Gasteiger partial charge in [0.05, 0.1) is 31.2 Å². The summed E-state index contributed by atoms with van der Waals surface area (Å²) in [5.41, 5.74) is 8.04. The molecule has 0 spiro atoms. The van der Waals surface area contributed by atoms with Gasteiger partial charge in [0.15, 0.2) is 5.82 Å². The number of amides is 1. The molecule has 1 aromatic heterocycles. The van der Waals surface area contributed by atoms with E-state index < -0.39 is 5.82 Å². The number of benzene rings is 2. The molecular weight excluding hydrogens is 577 g/mol. The molecular formula is C33H38FN7O4. The number of carbonyl (C=O) groups is 1. The van der Waals surface area contributed by atoms with Crippen molar-refractivity contribution in [2.75, 3.05) is 50.1 Å². The number of likely N-dealkylation sites (tertiary alicyclic amines) is 1. The Labute approximate surface area is 262 Å². The van der Waals surface area contributed by atoms with Gasteiger partial charge in [0.1, 0.15) is 34.6 Å². The summed E-state index contributed by atoms with van der Waals surface area (Å²) >= 11 is 0. The van der Waals surface area contributed by atoms with Crippen LogP contribution in [0.15, 0.2) is 71.3 Å². The molecule has 11 nitrogen and oxygen atoms in total. The number of halogens is 1. The van der Waals surface area contributed by atoms with E-state index in [0.717, 1.165) is 31.7 Å². The van der Waals surface area contributed by atoms with Gasteiger partial charge < -0.3 is 35.1 Å². The number of aromatic nitrogens is 1. The third-order valence-electron chi connectivity index (χ3n) is 7.78. The number of hydrogen-bond donors (Lipinski definition) is 2. The van der Waals surface area contributed by atoms with Crippen LogP contribution in [0, 0.1) is 5.82 Å². The zero-order chi connectivity index (χ0) is 31.9. The van der Waals surface area contributed by atoms with Crippen LogP contribution in [0.25, 0.3) is 0 Å². The maximum atomic E-state index is 15.3. The number of nitrogens with two attached hydrogens (primary N) is 1. The topological polar surface area (TPSA) is 127 Å². The van der Waals surface area contributed by atoms with Crippen molar-refractivity contribution in [2.45, 2.75) is 31.9 Å². The first-order chi connectivity index (χ1) is 21.8. The van der Waals surface area contributed by atoms with Crippen molar-refractivity contribution in [3.8, 4) is 17.2 Å². The van der Waals surface area contributed by atoms with E-state index in [1.54, 1.807) is 42.5 Å². The molecule has 0 radical (unpaired) electrons. The van der Waals surface area contributed by atoms with Gasteiger partial charge in [-0.15, -0.1) is 0 Å². The number of methoxy groups -OCH3 is 1. The molecule has 45 heavy (non-hydrogen) atoms. The number of hydrogen-bond acceptors (Lipinski definition) is 9. The number of pyridine rings is 1. The molecule has 3 aromatic rings. The molecule has 236 valence electrons. The average Bonchev–Trinajstić information content (AvgIpc) is 3.06. The maximum absolute atomic E-state index is 15.3. The van der Waals surface area contributed by atoms with E-state index in [9.17, 15) is 4.79 Å². The third-order valence-corrected chi connectivity index (χ3v) is 7.78. The molecule has 0 bridgehead atoms. The molecule has 12 heteroatoms. The first kappa shape index (κ1) is 31.5. The highest BCUT2D eigenvalue weighted by Crippen LogP contribution is 2.35. The number of ether oxygens (including phenoxy) is 3. The van der Waals surface area contributed by atoms with E-state index in [1.165, 1.54) is 18.2 Å². The van der Waals surface area contributed by atoms with Gasteiger partial charge in [0.25, 0.3) is 0 Å². The lowest BCUT2D eigenvalue weighted by molar-refractivity contribution is -0.126. The minimum absolute atomic E-state index is 0.0390. The van der Waals surface area contributed by atoms with E-state index >= 15 is 4.39 Å². The van der Waals surface area contributed by atoms with Crippen molar-refractivity contribution < 1.29 is 23.4 Å². The highest BCUT2D eigenvalue weighted by molar-refractivity contribution is 6.04. The Balaban J connectivity index is 1.32. The molecule has 2 aliphatic heterocycles. The lowest BCUT2D eigenvalue weighted by Gasteiger charge is -2.32. The van der Waals surface area contributed by atoms with Gasteiger partial charge in [0, 0.05) is 62.2 Å². The van der Waals surface area contributed by atoms with Crippen LogP contribution < -0.4 is 25.4 Å². The first-order valence-corrected chi connectivity index (χ1v) is 14.8. The second-order valence-corrected chi connectivity index (χ2v) is 10.9. The number of piperidine rings is 1. The Morgan fingerprint density at radius 3 is 2.62 bits per heavy atom. The van der Waals surface area contributed by atoms with Crippen LogP contribution in [0.4, 0.5) is 27.3 Å². The van der Waals surface area contributed by atoms with Crippen molar-refractivity contribution in [2.24, 2.45) is 15.7 Å². The van der Waals surface area contributed by atoms with Gasteiger partial charge in [-0.1, -0.05) is 6.58 Å². The molecule has 2 fully saturated rings. The number of aliphatic imine (C=N–C) groups is 2. The van der Waals surface area contributed by atoms with Crippen molar-refractivity contribution >= 4 is 41.3 Å². The van der Waals surface area contributed by atoms with Gasteiger partial charge >= 0.3 is 0 Å². The van der Waals surface area contributed by atoms with E-state index in [-0.39, 0.29) is 29.6 Å². The van der Waals surface area contributed by atoms with Crippen molar-refractivity contribution in [1.29, 1.82) is 0 Å². The summed E-state index contributed by atoms with van der Waals surface area (Å²) in [6.07, 6.45) is 4.60. The van der Waals surface area contributed by atoms with Crippen LogP contribution in [0.3, 0.4) is 0 Å². The molecule has 0 saturated carbocycles. The zero-order valence-corrected chi connectivity index (χ0v) is 25.5. The van der Waals surface area contributed by atoms with Gasteiger partial charge in [-0.25, -0.2) is 14.4 Å². The van der Waals surface area contributed by atoms with Crippen molar-refractivity contribution in [3.63, 3.8) is 0 Å². The fourth-order valence-corrected chi connectivity index (χ4v) is 5.41. The monoisotopic (exact) mass is 615 g/mol. The summed E-state index contributed by atoms with van der Waals surface area (Å²) in [4.78, 5) is 28.8. The molecule has 3 heterocycles. The third kappa shape index (κ3) is 7.58. The normalized spacial score (nSPS) is 17.5. The van der Waals surface area contributed by atoms with E-state index in [1.807, 2.05) is 13.0 Å². The Morgan fingerprint density at radius 1 is 1.16 bits per heavy atom. The minimum Gasteiger partial charge on any atom is -0.495 e. The molecule has 1 atom stereocenters. The SMILES string of the molecule is C=CC(=O)N1CCC(Nc2cc(C(N)=Nc3ccc(Oc4ccnc(N5CCO[C@H](C)C5)c4)cc3F)c(N=C)cc2OC)CC1. The van der Waals surface area contributed by atoms with Gasteiger partial charge in [-0.05, 0) is 56.8 Å². The number of morpholine rings is 1. The maximum Gasteiger partial charge on any atom is 0.245 e. The largest absolute Gasteiger partial charge is 0.495 e. The second kappa shape index (κ2) is 14.2. The zero-order valence-electron chi connectivity index (χ0n) is 25.5. The Bertz CT molecular complexity index is 1590. The Morgan fingerprint density at radius 2 is 1.93 bits per heavy atom. The fourth-order valence-electron chi connectivity index (χ4n) is 5.41. The highest BCUT2D eigenvalue weighted by atomic mass is 19.1. The smallest absolute Gasteiger partial charge is 0.245 e. The van der Waals surface area contributed by atoms with Gasteiger partial charge in [-0.3, -0.25) is 9.79 Å². The molecule has 0 unspecified atom stereocenters. The minimum atomic E-state index is -0.604. The predicted molar refractivity (Wildman–Crippen MR) is 174 cm³/mol. The molecule has 1 amide bonds. The van der Waals surface area contributed by atoms with Crippen LogP contribution in [0.5, 0.6) is 17.2 Å². The summed E-state index contributed by atoms with van der Waals surface area (Å²) in [7, 11) is 1.56. The van der Waals surface area contributed by atoms with E-state index in [0.29, 0.717) is 53.9 Å². The highest BCUT2D eigenvalue weighted by Gasteiger charge is 2.23. The number of nitrogens with one attached hydrogen (secondary N) is 1. The standard InChI is InChI=1S/C33H38FN7O4/c1-5-32(42)40-12-9-22(10-13-40)38-29-18-25(28(36-3)19-30(29)43-4)33(35)39-27-7-6-23(16-26(27)34)45-24-8-11-37-31(17-24)41-14-15-44-21(2)20-41/h5-8,11,16-19,21-22,38H,1,3,9-10,12-15,20H2,2,4H3,(H2,35,39)/t21-/m1/s1. The van der Waals surface area contributed by atoms with E-state index in [4.69, 9.17) is 19.9 Å². The van der Waals surface area contributed by atoms with Gasteiger partial charge in [-0.2, -0.15) is 0 Å². The summed E-state index contributed by atoms with van der Waals surface area (Å²) < 4.78 is 32.4. The summed E-state index contributed by atoms with van der Waals surface area (Å²) in [5, 5.41) is 3.49. The van der Waals surface area contributed by atoms with Crippen LogP contribution in [-0.4, -0.2) is 80.4 Å². The lowest BCUT2D eigenvalue weighted by Crippen LogP contribution is -2.41. The lowest BCUT2D eigenvalue weighted by atomic mass is 10.0. The van der Waals surface area contributed by atoms with Crippen LogP contribution in [0.1, 0.15) is 25.3 Å². The summed E-state index contributed by atoms with van der Waals surface area (Å²) in [6.45, 7) is 12.6. The number of carbonyl (C=O) groups excluding carboxylic acids is 1. The first-order valence-electron chi connectivity index (χ1n) is 14.8. The average molecular weight is 616 g/mol. The fraction of sp³-hybridized carbons (Fsp3) is 0.333. The quantitative estimate of drug-likeness (QED) is 0.181. The molecule has 5 rings (SSSR count). The van der Waals surface area contributed by atoms with E-state index in [2.05, 4.69) is 38.5 Å². The Hall–Kier alpha value is -4.97. The molecule has 2 aromatic carbocycles. The molecule has 2 saturated heterocycles. The second-order valence-electron chi connectivity index (χ2n) is 10.9. The van der Waals surface area contributed by atoms with Crippen LogP contribution in [0.2, 0.25) is 0 Å².